The molecule has 0 fully saturated rings. The molecule has 2 aromatic rings. The zero-order chi connectivity index (χ0) is 17.7. The Morgan fingerprint density at radius 3 is 2.79 bits per heavy atom. The van der Waals surface area contributed by atoms with Crippen molar-refractivity contribution in [3.05, 3.63) is 18.2 Å². The molecule has 0 aliphatic heterocycles. The molecule has 6 nitrogen and oxygen atoms in total. The largest absolute Gasteiger partial charge is 0.355 e. The normalized spacial score (nSPS) is 11.8. The summed E-state index contributed by atoms with van der Waals surface area (Å²) in [6.07, 6.45) is 0. The van der Waals surface area contributed by atoms with Gasteiger partial charge in [-0.05, 0) is 31.0 Å². The van der Waals surface area contributed by atoms with Crippen molar-refractivity contribution in [1.29, 1.82) is 0 Å². The van der Waals surface area contributed by atoms with Gasteiger partial charge in [-0.15, -0.1) is 11.3 Å². The molecule has 2 rings (SSSR count). The van der Waals surface area contributed by atoms with Gasteiger partial charge >= 0.3 is 0 Å². The van der Waals surface area contributed by atoms with Crippen molar-refractivity contribution in [3.8, 4) is 0 Å². The Kier molecular flexibility index (Phi) is 6.47. The summed E-state index contributed by atoms with van der Waals surface area (Å²) in [5, 5.41) is 2.87. The number of amides is 1. The monoisotopic (exact) mass is 387 g/mol. The van der Waals surface area contributed by atoms with Gasteiger partial charge in [0.2, 0.25) is 15.9 Å². The number of hydrogen-bond acceptors (Lipinski definition) is 6. The highest BCUT2D eigenvalue weighted by atomic mass is 32.2. The molecular formula is C15H21N3O3S3. The van der Waals surface area contributed by atoms with Gasteiger partial charge < -0.3 is 5.32 Å². The fraction of sp³-hybridized carbons (Fsp3) is 0.467. The van der Waals surface area contributed by atoms with E-state index in [1.165, 1.54) is 23.1 Å². The Bertz CT molecular complexity index is 816. The van der Waals surface area contributed by atoms with Gasteiger partial charge in [-0.3, -0.25) is 9.52 Å². The van der Waals surface area contributed by atoms with Crippen LogP contribution in [0.4, 0.5) is 5.69 Å². The highest BCUT2D eigenvalue weighted by molar-refractivity contribution is 8.01. The first-order valence-electron chi connectivity index (χ1n) is 7.59. The smallest absolute Gasteiger partial charge is 0.232 e. The lowest BCUT2D eigenvalue weighted by Gasteiger charge is -2.06. The maximum absolute atomic E-state index is 11.7. The van der Waals surface area contributed by atoms with Gasteiger partial charge in [0.05, 0.1) is 27.4 Å². The third-order valence-corrected chi connectivity index (χ3v) is 6.52. The Hall–Kier alpha value is -1.32. The minimum absolute atomic E-state index is 0.00986. The lowest BCUT2D eigenvalue weighted by molar-refractivity contribution is -0.118. The maximum atomic E-state index is 11.7. The number of carbonyl (C=O) groups is 1. The van der Waals surface area contributed by atoms with Crippen LogP contribution in [0, 0.1) is 5.92 Å². The van der Waals surface area contributed by atoms with E-state index in [2.05, 4.69) is 15.0 Å². The van der Waals surface area contributed by atoms with Gasteiger partial charge in [-0.1, -0.05) is 25.6 Å². The van der Waals surface area contributed by atoms with Crippen LogP contribution in [0.15, 0.2) is 22.5 Å². The second-order valence-electron chi connectivity index (χ2n) is 5.65. The molecule has 9 heteroatoms. The number of hydrogen-bond donors (Lipinski definition) is 2. The van der Waals surface area contributed by atoms with E-state index < -0.39 is 10.0 Å². The average Bonchev–Trinajstić information content (AvgIpc) is 2.92. The summed E-state index contributed by atoms with van der Waals surface area (Å²) < 4.78 is 27.5. The van der Waals surface area contributed by atoms with Gasteiger partial charge in [0.1, 0.15) is 0 Å². The minimum atomic E-state index is -3.29. The Labute approximate surface area is 150 Å². The molecule has 0 spiro atoms. The van der Waals surface area contributed by atoms with Crippen LogP contribution in [0.1, 0.15) is 20.8 Å². The summed E-state index contributed by atoms with van der Waals surface area (Å²) >= 11 is 2.83. The van der Waals surface area contributed by atoms with Crippen molar-refractivity contribution in [1.82, 2.24) is 10.3 Å². The van der Waals surface area contributed by atoms with Crippen LogP contribution in [-0.4, -0.2) is 37.4 Å². The van der Waals surface area contributed by atoms with Crippen LogP contribution in [0.5, 0.6) is 0 Å². The van der Waals surface area contributed by atoms with Crippen molar-refractivity contribution in [3.63, 3.8) is 0 Å². The second kappa shape index (κ2) is 8.17. The number of benzene rings is 1. The highest BCUT2D eigenvalue weighted by Crippen LogP contribution is 2.31. The van der Waals surface area contributed by atoms with E-state index in [1.54, 1.807) is 25.1 Å². The fourth-order valence-corrected chi connectivity index (χ4v) is 4.34. The number of nitrogens with zero attached hydrogens (tertiary/aromatic N) is 1. The number of thiazole rings is 1. The average molecular weight is 388 g/mol. The van der Waals surface area contributed by atoms with Crippen molar-refractivity contribution in [2.24, 2.45) is 5.92 Å². The maximum Gasteiger partial charge on any atom is 0.232 e. The van der Waals surface area contributed by atoms with E-state index in [4.69, 9.17) is 0 Å². The summed E-state index contributed by atoms with van der Waals surface area (Å²) in [4.78, 5) is 16.2. The number of anilines is 1. The summed E-state index contributed by atoms with van der Waals surface area (Å²) in [6.45, 7) is 6.35. The van der Waals surface area contributed by atoms with E-state index in [1.807, 2.05) is 13.8 Å². The standard InChI is InChI=1S/C15H21N3O3S3/c1-4-24(20,21)18-11-5-6-12-13(7-11)23-15(17-12)22-9-14(19)16-8-10(2)3/h5-7,10,18H,4,8-9H2,1-3H3,(H,16,19). The summed E-state index contributed by atoms with van der Waals surface area (Å²) in [6, 6.07) is 5.24. The number of thioether (sulfide) groups is 1. The molecule has 1 aromatic heterocycles. The Morgan fingerprint density at radius 1 is 1.38 bits per heavy atom. The zero-order valence-electron chi connectivity index (χ0n) is 13.8. The van der Waals surface area contributed by atoms with Crippen molar-refractivity contribution >= 4 is 54.9 Å². The van der Waals surface area contributed by atoms with Crippen molar-refractivity contribution < 1.29 is 13.2 Å². The number of rotatable bonds is 8. The minimum Gasteiger partial charge on any atom is -0.355 e. The van der Waals surface area contributed by atoms with Crippen LogP contribution < -0.4 is 10.0 Å². The molecule has 0 saturated heterocycles. The first-order valence-corrected chi connectivity index (χ1v) is 11.0. The van der Waals surface area contributed by atoms with Crippen molar-refractivity contribution in [2.45, 2.75) is 25.1 Å². The molecule has 132 valence electrons. The molecule has 0 aliphatic carbocycles. The quantitative estimate of drug-likeness (QED) is 0.680. The number of sulfonamides is 1. The van der Waals surface area contributed by atoms with Crippen LogP contribution in [0.2, 0.25) is 0 Å². The van der Waals surface area contributed by atoms with Gasteiger partial charge in [0.25, 0.3) is 0 Å². The third kappa shape index (κ3) is 5.64. The second-order valence-corrected chi connectivity index (χ2v) is 9.92. The highest BCUT2D eigenvalue weighted by Gasteiger charge is 2.11. The Morgan fingerprint density at radius 2 is 2.12 bits per heavy atom. The topological polar surface area (TPSA) is 88.2 Å². The number of aromatic nitrogens is 1. The predicted octanol–water partition coefficient (Wildman–Crippen LogP) is 2.92. The van der Waals surface area contributed by atoms with Crippen LogP contribution in [-0.2, 0) is 14.8 Å². The van der Waals surface area contributed by atoms with Crippen LogP contribution >= 0.6 is 23.1 Å². The van der Waals surface area contributed by atoms with E-state index in [0.29, 0.717) is 23.9 Å². The van der Waals surface area contributed by atoms with Gasteiger partial charge in [-0.2, -0.15) is 0 Å². The zero-order valence-corrected chi connectivity index (χ0v) is 16.3. The molecule has 1 amide bonds. The van der Waals surface area contributed by atoms with Crippen LogP contribution in [0.25, 0.3) is 10.2 Å². The van der Waals surface area contributed by atoms with E-state index in [-0.39, 0.29) is 11.7 Å². The summed E-state index contributed by atoms with van der Waals surface area (Å²) in [5.74, 6) is 0.762. The molecule has 1 heterocycles. The molecular weight excluding hydrogens is 366 g/mol. The van der Waals surface area contributed by atoms with Gasteiger partial charge in [-0.25, -0.2) is 13.4 Å². The van der Waals surface area contributed by atoms with Gasteiger partial charge in [0, 0.05) is 6.54 Å². The van der Waals surface area contributed by atoms with E-state index in [9.17, 15) is 13.2 Å². The molecule has 0 radical (unpaired) electrons. The van der Waals surface area contributed by atoms with Gasteiger partial charge in [0.15, 0.2) is 4.34 Å². The first-order chi connectivity index (χ1) is 11.3. The number of fused-ring (bicyclic) bond motifs is 1. The SMILES string of the molecule is CCS(=O)(=O)Nc1ccc2nc(SCC(=O)NCC(C)C)sc2c1. The van der Waals surface area contributed by atoms with E-state index >= 15 is 0 Å². The van der Waals surface area contributed by atoms with E-state index in [0.717, 1.165) is 14.6 Å². The summed E-state index contributed by atoms with van der Waals surface area (Å²) in [7, 11) is -3.29. The molecule has 2 N–H and O–H groups in total. The fourth-order valence-electron chi connectivity index (χ4n) is 1.78. The molecule has 24 heavy (non-hydrogen) atoms. The van der Waals surface area contributed by atoms with Crippen LogP contribution in [0.3, 0.4) is 0 Å². The number of nitrogens with one attached hydrogen (secondary N) is 2. The lowest BCUT2D eigenvalue weighted by atomic mass is 10.2. The molecule has 0 unspecified atom stereocenters. The summed E-state index contributed by atoms with van der Waals surface area (Å²) in [5.41, 5.74) is 1.32. The molecule has 0 aliphatic rings. The Balaban J connectivity index is 2.02. The molecule has 0 bridgehead atoms. The predicted molar refractivity (Wildman–Crippen MR) is 101 cm³/mol. The lowest BCUT2D eigenvalue weighted by Crippen LogP contribution is -2.28. The molecule has 0 atom stereocenters. The number of carbonyl (C=O) groups excluding carboxylic acids is 1. The van der Waals surface area contributed by atoms with Crippen molar-refractivity contribution in [2.75, 3.05) is 22.8 Å². The molecule has 0 saturated carbocycles. The first kappa shape index (κ1) is 19.0. The molecule has 1 aromatic carbocycles. The third-order valence-electron chi connectivity index (χ3n) is 3.06.